The van der Waals surface area contributed by atoms with Crippen molar-refractivity contribution in [2.45, 2.75) is 58.3 Å². The molecule has 0 unspecified atom stereocenters. The summed E-state index contributed by atoms with van der Waals surface area (Å²) in [5, 5.41) is 1.06. The second kappa shape index (κ2) is 9.17. The number of aromatic nitrogens is 1. The van der Waals surface area contributed by atoms with Crippen molar-refractivity contribution < 1.29 is 14.3 Å². The fourth-order valence-corrected chi connectivity index (χ4v) is 6.63. The molecule has 0 bridgehead atoms. The lowest BCUT2D eigenvalue weighted by Crippen LogP contribution is -2.40. The smallest absolute Gasteiger partial charge is 0.418 e. The first-order valence-corrected chi connectivity index (χ1v) is 12.5. The van der Waals surface area contributed by atoms with Crippen LogP contribution >= 0.6 is 0 Å². The minimum atomic E-state index is -0.314. The largest absolute Gasteiger partial charge is 0.449 e. The zero-order chi connectivity index (χ0) is 22.9. The van der Waals surface area contributed by atoms with Crippen molar-refractivity contribution in [1.82, 2.24) is 4.57 Å². The monoisotopic (exact) mass is 443 g/mol. The molecule has 0 spiro atoms. The summed E-state index contributed by atoms with van der Waals surface area (Å²) in [6.45, 7) is 3.95. The number of ketones is 1. The van der Waals surface area contributed by atoms with Gasteiger partial charge in [-0.2, -0.15) is 0 Å². The first-order chi connectivity index (χ1) is 16.1. The Kier molecular flexibility index (Phi) is 6.09. The summed E-state index contributed by atoms with van der Waals surface area (Å²) in [5.74, 6) is 0.876. The number of ether oxygens (including phenoxy) is 1. The van der Waals surface area contributed by atoms with Crippen molar-refractivity contribution in [1.29, 1.82) is 0 Å². The molecule has 2 aliphatic rings. The van der Waals surface area contributed by atoms with E-state index in [2.05, 4.69) is 30.3 Å². The molecule has 0 radical (unpaired) electrons. The number of para-hydroxylation sites is 1. The Morgan fingerprint density at radius 1 is 0.970 bits per heavy atom. The molecule has 0 aliphatic heterocycles. The van der Waals surface area contributed by atoms with E-state index < -0.39 is 0 Å². The average molecular weight is 444 g/mol. The maximum absolute atomic E-state index is 13.3. The molecule has 2 aliphatic carbocycles. The van der Waals surface area contributed by atoms with Crippen molar-refractivity contribution in [2.24, 2.45) is 17.8 Å². The molecule has 3 aromatic rings. The summed E-state index contributed by atoms with van der Waals surface area (Å²) in [5.41, 5.74) is 4.22. The van der Waals surface area contributed by atoms with Crippen LogP contribution in [0.5, 0.6) is 0 Å². The number of rotatable bonds is 4. The van der Waals surface area contributed by atoms with Crippen LogP contribution in [0, 0.1) is 17.8 Å². The molecule has 1 fully saturated rings. The number of hydrogen-bond donors (Lipinski definition) is 0. The van der Waals surface area contributed by atoms with Crippen LogP contribution in [0.25, 0.3) is 10.9 Å². The molecule has 1 saturated carbocycles. The molecule has 33 heavy (non-hydrogen) atoms. The minimum Gasteiger partial charge on any atom is -0.449 e. The van der Waals surface area contributed by atoms with Crippen molar-refractivity contribution in [3.63, 3.8) is 0 Å². The van der Waals surface area contributed by atoms with Crippen LogP contribution in [0.2, 0.25) is 0 Å². The molecule has 172 valence electrons. The third kappa shape index (κ3) is 3.80. The number of nitrogens with zero attached hydrogens (tertiary/aromatic N) is 1. The zero-order valence-electron chi connectivity index (χ0n) is 19.6. The van der Waals surface area contributed by atoms with Gasteiger partial charge in [0.25, 0.3) is 0 Å². The lowest BCUT2D eigenvalue weighted by molar-refractivity contribution is -0.124. The third-order valence-electron chi connectivity index (χ3n) is 7.91. The van der Waals surface area contributed by atoms with Gasteiger partial charge < -0.3 is 4.74 Å². The Bertz CT molecular complexity index is 1160. The van der Waals surface area contributed by atoms with Crippen LogP contribution in [0.4, 0.5) is 4.79 Å². The molecule has 4 nitrogen and oxygen atoms in total. The van der Waals surface area contributed by atoms with E-state index in [-0.39, 0.29) is 29.6 Å². The second-order valence-electron chi connectivity index (χ2n) is 9.70. The van der Waals surface area contributed by atoms with Crippen LogP contribution in [0.1, 0.15) is 68.7 Å². The summed E-state index contributed by atoms with van der Waals surface area (Å²) in [7, 11) is 0. The molecule has 1 heterocycles. The normalized spacial score (nSPS) is 23.3. The van der Waals surface area contributed by atoms with Gasteiger partial charge in [0.1, 0.15) is 5.78 Å². The third-order valence-corrected chi connectivity index (χ3v) is 7.91. The fraction of sp³-hybridized carbons (Fsp3) is 0.448. The summed E-state index contributed by atoms with van der Waals surface area (Å²) in [6, 6.07) is 18.5. The lowest BCUT2D eigenvalue weighted by Gasteiger charge is -2.43. The topological polar surface area (TPSA) is 48.3 Å². The maximum atomic E-state index is 13.3. The highest BCUT2D eigenvalue weighted by Gasteiger charge is 2.46. The summed E-state index contributed by atoms with van der Waals surface area (Å²) >= 11 is 0. The molecular weight excluding hydrogens is 410 g/mol. The van der Waals surface area contributed by atoms with E-state index >= 15 is 0 Å². The van der Waals surface area contributed by atoms with Crippen LogP contribution in [0.3, 0.4) is 0 Å². The van der Waals surface area contributed by atoms with Gasteiger partial charge in [-0.05, 0) is 49.3 Å². The van der Waals surface area contributed by atoms with Crippen molar-refractivity contribution in [3.8, 4) is 0 Å². The highest BCUT2D eigenvalue weighted by Crippen LogP contribution is 2.52. The Labute approximate surface area is 195 Å². The van der Waals surface area contributed by atoms with Crippen LogP contribution in [-0.2, 0) is 16.0 Å². The van der Waals surface area contributed by atoms with Gasteiger partial charge in [0.15, 0.2) is 0 Å². The average Bonchev–Trinajstić information content (AvgIpc) is 3.18. The highest BCUT2D eigenvalue weighted by atomic mass is 16.5. The van der Waals surface area contributed by atoms with E-state index in [0.29, 0.717) is 12.5 Å². The van der Waals surface area contributed by atoms with Crippen molar-refractivity contribution >= 4 is 22.8 Å². The molecule has 4 heteroatoms. The van der Waals surface area contributed by atoms with Crippen molar-refractivity contribution in [3.05, 3.63) is 71.4 Å². The predicted molar refractivity (Wildman–Crippen MR) is 131 cm³/mol. The SMILES string of the molecule is CCOC(=O)n1c2c(c3ccccc31)[C@H](c1ccccc1)[C@@H](C(C)=O)[C@@H](C1CCCCC1)C2. The van der Waals surface area contributed by atoms with Crippen LogP contribution in [0.15, 0.2) is 54.6 Å². The van der Waals surface area contributed by atoms with Crippen LogP contribution in [-0.4, -0.2) is 23.1 Å². The van der Waals surface area contributed by atoms with E-state index in [0.717, 1.165) is 34.1 Å². The first kappa shape index (κ1) is 21.9. The zero-order valence-corrected chi connectivity index (χ0v) is 19.6. The van der Waals surface area contributed by atoms with E-state index in [1.165, 1.54) is 32.1 Å². The molecule has 3 atom stereocenters. The highest BCUT2D eigenvalue weighted by molar-refractivity contribution is 5.96. The standard InChI is InChI=1S/C29H33NO3/c1-3-33-29(32)30-24-17-11-10-16-22(24)28-25(30)18-23(20-12-6-4-7-13-20)26(19(2)31)27(28)21-14-8-5-9-15-21/h5,8-11,14-17,20,23,26-27H,3-4,6-7,12-13,18H2,1-2H3/t23-,26+,27-/m1/s1. The summed E-state index contributed by atoms with van der Waals surface area (Å²) in [4.78, 5) is 26.5. The van der Waals surface area contributed by atoms with Crippen LogP contribution < -0.4 is 0 Å². The molecular formula is C29H33NO3. The molecule has 0 amide bonds. The van der Waals surface area contributed by atoms with E-state index in [1.807, 2.05) is 31.2 Å². The van der Waals surface area contributed by atoms with Gasteiger partial charge in [0, 0.05) is 22.9 Å². The predicted octanol–water partition coefficient (Wildman–Crippen LogP) is 6.74. The van der Waals surface area contributed by atoms with E-state index in [4.69, 9.17) is 4.74 Å². The second-order valence-corrected chi connectivity index (χ2v) is 9.70. The number of fused-ring (bicyclic) bond motifs is 3. The maximum Gasteiger partial charge on any atom is 0.418 e. The van der Waals surface area contributed by atoms with Gasteiger partial charge in [0.05, 0.1) is 12.1 Å². The summed E-state index contributed by atoms with van der Waals surface area (Å²) < 4.78 is 7.32. The van der Waals surface area contributed by atoms with Gasteiger partial charge in [-0.1, -0.05) is 80.6 Å². The Balaban J connectivity index is 1.78. The Morgan fingerprint density at radius 2 is 1.67 bits per heavy atom. The number of benzene rings is 2. The summed E-state index contributed by atoms with van der Waals surface area (Å²) in [6.07, 6.45) is 6.53. The van der Waals surface area contributed by atoms with Gasteiger partial charge in [-0.15, -0.1) is 0 Å². The van der Waals surface area contributed by atoms with Gasteiger partial charge >= 0.3 is 6.09 Å². The Morgan fingerprint density at radius 3 is 2.36 bits per heavy atom. The molecule has 5 rings (SSSR count). The van der Waals surface area contributed by atoms with Crippen molar-refractivity contribution in [2.75, 3.05) is 6.61 Å². The quantitative estimate of drug-likeness (QED) is 0.449. The molecule has 0 saturated heterocycles. The van der Waals surface area contributed by atoms with Gasteiger partial charge in [-0.3, -0.25) is 4.79 Å². The molecule has 2 aromatic carbocycles. The number of hydrogen-bond acceptors (Lipinski definition) is 3. The molecule has 1 aromatic heterocycles. The number of carbonyl (C=O) groups excluding carboxylic acids is 2. The van der Waals surface area contributed by atoms with Gasteiger partial charge in [0.2, 0.25) is 0 Å². The van der Waals surface area contributed by atoms with Gasteiger partial charge in [-0.25, -0.2) is 9.36 Å². The number of Topliss-reactive ketones (excluding diaryl/α,β-unsaturated/α-hetero) is 1. The number of carbonyl (C=O) groups is 2. The molecule has 0 N–H and O–H groups in total. The Hall–Kier alpha value is -2.88. The fourth-order valence-electron chi connectivity index (χ4n) is 6.63. The first-order valence-electron chi connectivity index (χ1n) is 12.5. The van der Waals surface area contributed by atoms with E-state index in [1.54, 1.807) is 11.5 Å². The van der Waals surface area contributed by atoms with E-state index in [9.17, 15) is 9.59 Å². The minimum absolute atomic E-state index is 0.0556. The lowest BCUT2D eigenvalue weighted by atomic mass is 9.60.